The van der Waals surface area contributed by atoms with Crippen molar-refractivity contribution >= 4 is 22.7 Å². The van der Waals surface area contributed by atoms with Gasteiger partial charge < -0.3 is 27.9 Å². The summed E-state index contributed by atoms with van der Waals surface area (Å²) in [4.78, 5) is 2.05. The number of rotatable bonds is 6. The Morgan fingerprint density at radius 1 is 1.32 bits per heavy atom. The summed E-state index contributed by atoms with van der Waals surface area (Å²) < 4.78 is 2.81. The molecule has 22 heavy (non-hydrogen) atoms. The molecule has 0 aromatic carbocycles. The Hall–Kier alpha value is -1.95. The maximum absolute atomic E-state index is 6.27. The SMILES string of the molecule is CN(C)c1cccn2nc(NCCC[N+](C)(C)C)c(N)c12.[CH3-]. The van der Waals surface area contributed by atoms with Gasteiger partial charge in [0.05, 0.1) is 33.4 Å². The van der Waals surface area contributed by atoms with Crippen LogP contribution in [0.1, 0.15) is 6.42 Å². The first-order chi connectivity index (χ1) is 9.79. The van der Waals surface area contributed by atoms with Gasteiger partial charge in [0, 0.05) is 33.3 Å². The number of hydrogen-bond donors (Lipinski definition) is 2. The summed E-state index contributed by atoms with van der Waals surface area (Å²) in [6, 6.07) is 4.03. The zero-order chi connectivity index (χ0) is 15.6. The van der Waals surface area contributed by atoms with Crippen molar-refractivity contribution in [1.82, 2.24) is 9.61 Å². The molecule has 2 heterocycles. The standard InChI is InChI=1S/C15H27N6.CH3/c1-19(2)12-8-6-10-20-14(12)13(16)15(18-20)17-9-7-11-21(3,4)5;/h6,8,10H,7,9,11,16H2,1-5H3,(H,17,18);1H3/q+1;-1. The van der Waals surface area contributed by atoms with Gasteiger partial charge >= 0.3 is 0 Å². The van der Waals surface area contributed by atoms with Gasteiger partial charge in [0.1, 0.15) is 11.2 Å². The molecule has 0 aliphatic rings. The molecule has 0 saturated carbocycles. The van der Waals surface area contributed by atoms with E-state index in [1.807, 2.05) is 41.8 Å². The van der Waals surface area contributed by atoms with Gasteiger partial charge in [0.25, 0.3) is 0 Å². The predicted octanol–water partition coefficient (Wildman–Crippen LogP) is 1.94. The molecular weight excluding hydrogens is 276 g/mol. The minimum Gasteiger partial charge on any atom is -0.394 e. The monoisotopic (exact) mass is 306 g/mol. The first kappa shape index (κ1) is 18.1. The Balaban J connectivity index is 0.00000242. The van der Waals surface area contributed by atoms with E-state index in [-0.39, 0.29) is 7.43 Å². The molecule has 0 amide bonds. The lowest BCUT2D eigenvalue weighted by Crippen LogP contribution is -2.36. The van der Waals surface area contributed by atoms with Gasteiger partial charge in [-0.1, -0.05) is 0 Å². The minimum absolute atomic E-state index is 0. The van der Waals surface area contributed by atoms with Crippen LogP contribution in [0.15, 0.2) is 18.3 Å². The Labute approximate surface area is 134 Å². The average Bonchev–Trinajstić information content (AvgIpc) is 2.70. The van der Waals surface area contributed by atoms with E-state index in [1.54, 1.807) is 0 Å². The van der Waals surface area contributed by atoms with Crippen LogP contribution in [0.4, 0.5) is 17.2 Å². The van der Waals surface area contributed by atoms with Crippen molar-refractivity contribution in [3.63, 3.8) is 0 Å². The topological polar surface area (TPSA) is 58.6 Å². The molecule has 0 bridgehead atoms. The van der Waals surface area contributed by atoms with E-state index in [2.05, 4.69) is 31.6 Å². The highest BCUT2D eigenvalue weighted by atomic mass is 15.3. The predicted molar refractivity (Wildman–Crippen MR) is 96.4 cm³/mol. The van der Waals surface area contributed by atoms with Crippen molar-refractivity contribution in [3.8, 4) is 0 Å². The zero-order valence-corrected chi connectivity index (χ0v) is 14.7. The van der Waals surface area contributed by atoms with Crippen LogP contribution in [0.5, 0.6) is 0 Å². The highest BCUT2D eigenvalue weighted by Gasteiger charge is 2.14. The Kier molecular flexibility index (Phi) is 5.65. The summed E-state index contributed by atoms with van der Waals surface area (Å²) in [5, 5.41) is 7.89. The third-order valence-electron chi connectivity index (χ3n) is 3.45. The zero-order valence-electron chi connectivity index (χ0n) is 14.7. The number of hydrogen-bond acceptors (Lipinski definition) is 4. The van der Waals surface area contributed by atoms with Crippen LogP contribution in [0.3, 0.4) is 0 Å². The molecule has 0 unspecified atom stereocenters. The fourth-order valence-electron chi connectivity index (χ4n) is 2.36. The first-order valence-corrected chi connectivity index (χ1v) is 7.28. The molecule has 2 aromatic rings. The normalized spacial score (nSPS) is 11.3. The minimum atomic E-state index is 0. The Morgan fingerprint density at radius 3 is 2.59 bits per heavy atom. The largest absolute Gasteiger partial charge is 0.394 e. The van der Waals surface area contributed by atoms with Crippen molar-refractivity contribution in [2.45, 2.75) is 6.42 Å². The fraction of sp³-hybridized carbons (Fsp3) is 0.500. The quantitative estimate of drug-likeness (QED) is 0.486. The lowest BCUT2D eigenvalue weighted by Gasteiger charge is -2.23. The van der Waals surface area contributed by atoms with E-state index in [0.29, 0.717) is 5.69 Å². The Morgan fingerprint density at radius 2 is 2.00 bits per heavy atom. The van der Waals surface area contributed by atoms with Crippen LogP contribution < -0.4 is 16.0 Å². The van der Waals surface area contributed by atoms with E-state index in [9.17, 15) is 0 Å². The lowest BCUT2D eigenvalue weighted by molar-refractivity contribution is -0.870. The lowest BCUT2D eigenvalue weighted by atomic mass is 10.3. The third kappa shape index (κ3) is 4.04. The molecule has 2 rings (SSSR count). The van der Waals surface area contributed by atoms with Crippen LogP contribution in [0.2, 0.25) is 0 Å². The van der Waals surface area contributed by atoms with Gasteiger partial charge in [-0.05, 0) is 12.1 Å². The van der Waals surface area contributed by atoms with Crippen LogP contribution >= 0.6 is 0 Å². The summed E-state index contributed by atoms with van der Waals surface area (Å²) in [5.41, 5.74) is 9.01. The molecule has 124 valence electrons. The summed E-state index contributed by atoms with van der Waals surface area (Å²) in [6.45, 7) is 1.99. The molecule has 6 nitrogen and oxygen atoms in total. The second-order valence-electron chi connectivity index (χ2n) is 6.64. The second-order valence-corrected chi connectivity index (χ2v) is 6.64. The number of nitrogens with zero attached hydrogens (tertiary/aromatic N) is 4. The molecule has 0 aliphatic heterocycles. The third-order valence-corrected chi connectivity index (χ3v) is 3.45. The number of pyridine rings is 1. The maximum atomic E-state index is 6.27. The molecule has 0 saturated heterocycles. The fourth-order valence-corrected chi connectivity index (χ4v) is 2.36. The van der Waals surface area contributed by atoms with Crippen molar-refractivity contribution in [3.05, 3.63) is 25.8 Å². The number of anilines is 3. The van der Waals surface area contributed by atoms with Crippen LogP contribution in [-0.4, -0.2) is 62.4 Å². The van der Waals surface area contributed by atoms with Gasteiger partial charge in [-0.3, -0.25) is 0 Å². The second kappa shape index (κ2) is 6.87. The van der Waals surface area contributed by atoms with Gasteiger partial charge in [-0.25, -0.2) is 4.52 Å². The van der Waals surface area contributed by atoms with Gasteiger partial charge in [-0.15, -0.1) is 5.10 Å². The summed E-state index contributed by atoms with van der Waals surface area (Å²) in [7, 11) is 10.6. The van der Waals surface area contributed by atoms with Gasteiger partial charge in [-0.2, -0.15) is 0 Å². The number of quaternary nitrogens is 1. The molecule has 0 fully saturated rings. The molecule has 6 heteroatoms. The number of fused-ring (bicyclic) bond motifs is 1. The van der Waals surface area contributed by atoms with E-state index in [4.69, 9.17) is 5.73 Å². The number of nitrogens with one attached hydrogen (secondary N) is 1. The van der Waals surface area contributed by atoms with Crippen molar-refractivity contribution in [2.75, 3.05) is 64.3 Å². The highest BCUT2D eigenvalue weighted by molar-refractivity contribution is 5.90. The van der Waals surface area contributed by atoms with Crippen molar-refractivity contribution in [2.24, 2.45) is 0 Å². The van der Waals surface area contributed by atoms with E-state index in [0.717, 1.165) is 41.0 Å². The van der Waals surface area contributed by atoms with E-state index < -0.39 is 0 Å². The summed E-state index contributed by atoms with van der Waals surface area (Å²) in [5.74, 6) is 0.769. The van der Waals surface area contributed by atoms with E-state index >= 15 is 0 Å². The molecule has 0 atom stereocenters. The molecule has 0 aliphatic carbocycles. The van der Waals surface area contributed by atoms with Crippen LogP contribution in [0.25, 0.3) is 5.52 Å². The molecule has 3 N–H and O–H groups in total. The molecule has 2 aromatic heterocycles. The number of nitrogen functional groups attached to an aromatic ring is 1. The van der Waals surface area contributed by atoms with Gasteiger partial charge in [0.2, 0.25) is 0 Å². The molecule has 0 radical (unpaired) electrons. The van der Waals surface area contributed by atoms with Crippen molar-refractivity contribution in [1.29, 1.82) is 0 Å². The smallest absolute Gasteiger partial charge is 0.172 e. The van der Waals surface area contributed by atoms with Crippen LogP contribution in [0, 0.1) is 7.43 Å². The number of aromatic nitrogens is 2. The van der Waals surface area contributed by atoms with Crippen molar-refractivity contribution < 1.29 is 4.48 Å². The molecular formula is C16H30N6. The van der Waals surface area contributed by atoms with E-state index in [1.165, 1.54) is 0 Å². The summed E-state index contributed by atoms with van der Waals surface area (Å²) in [6.07, 6.45) is 3.01. The Bertz CT molecular complexity index is 609. The highest BCUT2D eigenvalue weighted by Crippen LogP contribution is 2.30. The summed E-state index contributed by atoms with van der Waals surface area (Å²) >= 11 is 0. The first-order valence-electron chi connectivity index (χ1n) is 7.28. The maximum Gasteiger partial charge on any atom is 0.172 e. The van der Waals surface area contributed by atoms with Crippen LogP contribution in [-0.2, 0) is 0 Å². The average molecular weight is 306 g/mol. The van der Waals surface area contributed by atoms with Gasteiger partial charge in [0.15, 0.2) is 5.82 Å². The number of nitrogens with two attached hydrogens (primary N) is 1. The molecule has 0 spiro atoms.